The van der Waals surface area contributed by atoms with Gasteiger partial charge in [-0.3, -0.25) is 0 Å². The minimum absolute atomic E-state index is 0.151. The van der Waals surface area contributed by atoms with Crippen molar-refractivity contribution in [3.8, 4) is 0 Å². The number of amides is 2. The molecule has 2 aromatic heterocycles. The Morgan fingerprint density at radius 3 is 2.72 bits per heavy atom. The van der Waals surface area contributed by atoms with E-state index in [1.165, 1.54) is 0 Å². The monoisotopic (exact) mass is 346 g/mol. The number of fused-ring (bicyclic) bond motifs is 1. The van der Waals surface area contributed by atoms with Gasteiger partial charge in [-0.2, -0.15) is 0 Å². The maximum Gasteiger partial charge on any atom is 0.314 e. The van der Waals surface area contributed by atoms with Crippen LogP contribution in [0.25, 0.3) is 5.65 Å². The molecule has 2 heterocycles. The molecule has 0 saturated carbocycles. The number of aromatic nitrogens is 2. The molecule has 1 atom stereocenters. The Balaban J connectivity index is 1.79. The Kier molecular flexibility index (Phi) is 6.06. The van der Waals surface area contributed by atoms with Gasteiger partial charge in [-0.15, -0.1) is 0 Å². The highest BCUT2D eigenvalue weighted by atomic mass is 16.3. The maximum absolute atomic E-state index is 12.0. The van der Waals surface area contributed by atoms with Crippen molar-refractivity contribution >= 4 is 11.7 Å². The third-order valence-electron chi connectivity index (χ3n) is 4.53. The molecular formula is C19H30N4O2. The lowest BCUT2D eigenvalue weighted by atomic mass is 9.81. The minimum Gasteiger partial charge on any atom is -0.392 e. The fourth-order valence-corrected chi connectivity index (χ4v) is 3.01. The molecule has 2 rings (SSSR count). The quantitative estimate of drug-likeness (QED) is 0.721. The van der Waals surface area contributed by atoms with E-state index >= 15 is 0 Å². The number of nitrogens with zero attached hydrogens (tertiary/aromatic N) is 2. The van der Waals surface area contributed by atoms with Gasteiger partial charge in [0.15, 0.2) is 0 Å². The molecule has 138 valence electrons. The van der Waals surface area contributed by atoms with Crippen molar-refractivity contribution < 1.29 is 9.90 Å². The van der Waals surface area contributed by atoms with Crippen LogP contribution >= 0.6 is 0 Å². The van der Waals surface area contributed by atoms with Crippen LogP contribution in [0.2, 0.25) is 0 Å². The number of hydrogen-bond acceptors (Lipinski definition) is 3. The number of pyridine rings is 1. The highest BCUT2D eigenvalue weighted by molar-refractivity contribution is 5.73. The summed E-state index contributed by atoms with van der Waals surface area (Å²) >= 11 is 0. The topological polar surface area (TPSA) is 78.7 Å². The summed E-state index contributed by atoms with van der Waals surface area (Å²) in [6.45, 7) is 10.8. The third-order valence-corrected chi connectivity index (χ3v) is 4.53. The first-order chi connectivity index (χ1) is 11.7. The number of aliphatic hydroxyl groups excluding tert-OH is 1. The number of nitrogens with one attached hydrogen (secondary N) is 2. The van der Waals surface area contributed by atoms with Crippen LogP contribution < -0.4 is 10.6 Å². The van der Waals surface area contributed by atoms with Crippen molar-refractivity contribution in [3.63, 3.8) is 0 Å². The molecule has 6 heteroatoms. The average Bonchev–Trinajstić information content (AvgIpc) is 2.96. The summed E-state index contributed by atoms with van der Waals surface area (Å²) in [5.74, 6) is 0.151. The molecule has 2 aromatic rings. The number of carbonyl (C=O) groups is 1. The number of urea groups is 1. The fraction of sp³-hybridized carbons (Fsp3) is 0.579. The van der Waals surface area contributed by atoms with Gasteiger partial charge < -0.3 is 20.1 Å². The Labute approximate surface area is 149 Å². The molecule has 25 heavy (non-hydrogen) atoms. The van der Waals surface area contributed by atoms with Gasteiger partial charge in [0.05, 0.1) is 11.8 Å². The Bertz CT molecular complexity index is 721. The summed E-state index contributed by atoms with van der Waals surface area (Å²) in [5, 5.41) is 15.9. The van der Waals surface area contributed by atoms with Crippen LogP contribution in [0.5, 0.6) is 0 Å². The lowest BCUT2D eigenvalue weighted by Crippen LogP contribution is -2.46. The zero-order valence-electron chi connectivity index (χ0n) is 15.8. The predicted octanol–water partition coefficient (Wildman–Crippen LogP) is 2.53. The van der Waals surface area contributed by atoms with Gasteiger partial charge in [0.2, 0.25) is 0 Å². The van der Waals surface area contributed by atoms with Gasteiger partial charge in [-0.05, 0) is 24.5 Å². The number of imidazole rings is 1. The molecule has 0 aliphatic heterocycles. The molecule has 2 amide bonds. The third kappa shape index (κ3) is 4.95. The summed E-state index contributed by atoms with van der Waals surface area (Å²) in [6, 6.07) is 3.81. The number of aliphatic hydroxyl groups is 1. The van der Waals surface area contributed by atoms with Gasteiger partial charge in [-0.1, -0.05) is 33.8 Å². The van der Waals surface area contributed by atoms with Crippen molar-refractivity contribution in [2.45, 2.75) is 47.1 Å². The van der Waals surface area contributed by atoms with E-state index in [4.69, 9.17) is 0 Å². The predicted molar refractivity (Wildman–Crippen MR) is 99.7 cm³/mol. The standard InChI is InChI=1S/C19H30N4O2/c1-13(2)16(24)19(4,5)12-21-18(25)20-9-8-15-11-23-10-6-7-14(3)17(23)22-15/h6-7,10-11,13,16,24H,8-9,12H2,1-5H3,(H2,20,21,25)/t16-/m1/s1. The lowest BCUT2D eigenvalue weighted by Gasteiger charge is -2.33. The van der Waals surface area contributed by atoms with Crippen LogP contribution in [0.15, 0.2) is 24.5 Å². The summed E-state index contributed by atoms with van der Waals surface area (Å²) in [4.78, 5) is 16.6. The fourth-order valence-electron chi connectivity index (χ4n) is 3.01. The first-order valence-electron chi connectivity index (χ1n) is 8.83. The lowest BCUT2D eigenvalue weighted by molar-refractivity contribution is 0.0151. The van der Waals surface area contributed by atoms with E-state index in [1.807, 2.05) is 63.5 Å². The van der Waals surface area contributed by atoms with Crippen molar-refractivity contribution in [1.29, 1.82) is 0 Å². The zero-order chi connectivity index (χ0) is 18.6. The molecule has 3 N–H and O–H groups in total. The molecule has 0 radical (unpaired) electrons. The van der Waals surface area contributed by atoms with Gasteiger partial charge in [-0.25, -0.2) is 9.78 Å². The molecule has 0 spiro atoms. The number of aryl methyl sites for hydroxylation is 1. The second kappa shape index (κ2) is 7.87. The van der Waals surface area contributed by atoms with E-state index in [1.54, 1.807) is 0 Å². The molecule has 0 unspecified atom stereocenters. The maximum atomic E-state index is 12.0. The van der Waals surface area contributed by atoms with Crippen molar-refractivity contribution in [2.24, 2.45) is 11.3 Å². The molecule has 0 fully saturated rings. The zero-order valence-corrected chi connectivity index (χ0v) is 15.8. The van der Waals surface area contributed by atoms with Crippen LogP contribution in [0.4, 0.5) is 4.79 Å². The van der Waals surface area contributed by atoms with Gasteiger partial charge in [0, 0.05) is 37.3 Å². The Hall–Kier alpha value is -2.08. The number of rotatable bonds is 7. The molecule has 0 aliphatic rings. The van der Waals surface area contributed by atoms with E-state index in [2.05, 4.69) is 15.6 Å². The van der Waals surface area contributed by atoms with Crippen LogP contribution in [-0.4, -0.2) is 39.7 Å². The Morgan fingerprint density at radius 2 is 2.08 bits per heavy atom. The molecule has 0 aliphatic carbocycles. The van der Waals surface area contributed by atoms with E-state index in [0.29, 0.717) is 19.5 Å². The van der Waals surface area contributed by atoms with Crippen molar-refractivity contribution in [1.82, 2.24) is 20.0 Å². The summed E-state index contributed by atoms with van der Waals surface area (Å²) < 4.78 is 2.00. The van der Waals surface area contributed by atoms with Crippen LogP contribution in [0, 0.1) is 18.3 Å². The van der Waals surface area contributed by atoms with Crippen molar-refractivity contribution in [3.05, 3.63) is 35.8 Å². The van der Waals surface area contributed by atoms with Crippen LogP contribution in [0.3, 0.4) is 0 Å². The second-order valence-corrected chi connectivity index (χ2v) is 7.69. The summed E-state index contributed by atoms with van der Waals surface area (Å²) in [6.07, 6.45) is 4.17. The first-order valence-corrected chi connectivity index (χ1v) is 8.83. The SMILES string of the molecule is Cc1cccn2cc(CCNC(=O)NCC(C)(C)[C@H](O)C(C)C)nc12. The van der Waals surface area contributed by atoms with Crippen LogP contribution in [0.1, 0.15) is 39.0 Å². The smallest absolute Gasteiger partial charge is 0.314 e. The summed E-state index contributed by atoms with van der Waals surface area (Å²) in [7, 11) is 0. The number of carbonyl (C=O) groups excluding carboxylic acids is 1. The molecule has 0 bridgehead atoms. The largest absolute Gasteiger partial charge is 0.392 e. The second-order valence-electron chi connectivity index (χ2n) is 7.69. The molecular weight excluding hydrogens is 316 g/mol. The van der Waals surface area contributed by atoms with E-state index in [-0.39, 0.29) is 17.4 Å². The van der Waals surface area contributed by atoms with E-state index in [9.17, 15) is 9.90 Å². The molecule has 6 nitrogen and oxygen atoms in total. The molecule has 0 saturated heterocycles. The normalized spacial score (nSPS) is 13.2. The summed E-state index contributed by atoms with van der Waals surface area (Å²) in [5.41, 5.74) is 2.66. The minimum atomic E-state index is -0.464. The first kappa shape index (κ1) is 19.2. The average molecular weight is 346 g/mol. The number of hydrogen-bond donors (Lipinski definition) is 3. The van der Waals surface area contributed by atoms with Gasteiger partial charge in [0.25, 0.3) is 0 Å². The highest BCUT2D eigenvalue weighted by Crippen LogP contribution is 2.24. The molecule has 0 aromatic carbocycles. The van der Waals surface area contributed by atoms with E-state index < -0.39 is 6.10 Å². The van der Waals surface area contributed by atoms with Crippen molar-refractivity contribution in [2.75, 3.05) is 13.1 Å². The van der Waals surface area contributed by atoms with Gasteiger partial charge >= 0.3 is 6.03 Å². The Morgan fingerprint density at radius 1 is 1.36 bits per heavy atom. The van der Waals surface area contributed by atoms with Gasteiger partial charge in [0.1, 0.15) is 5.65 Å². The van der Waals surface area contributed by atoms with Crippen LogP contribution in [-0.2, 0) is 6.42 Å². The highest BCUT2D eigenvalue weighted by Gasteiger charge is 2.30. The van der Waals surface area contributed by atoms with E-state index in [0.717, 1.165) is 16.9 Å².